The Kier molecular flexibility index (Phi) is 4.32. The van der Waals surface area contributed by atoms with E-state index in [1.54, 1.807) is 0 Å². The molecule has 1 aromatic carbocycles. The highest BCUT2D eigenvalue weighted by Crippen LogP contribution is 2.32. The van der Waals surface area contributed by atoms with E-state index in [9.17, 15) is 5.11 Å². The zero-order valence-electron chi connectivity index (χ0n) is 13.7. The summed E-state index contributed by atoms with van der Waals surface area (Å²) in [7, 11) is 0. The third kappa shape index (κ3) is 3.41. The maximum atomic E-state index is 9.67. The Bertz CT molecular complexity index is 670. The molecule has 1 saturated carbocycles. The molecule has 0 atom stereocenters. The Morgan fingerprint density at radius 1 is 1.00 bits per heavy atom. The van der Waals surface area contributed by atoms with Gasteiger partial charge in [-0.25, -0.2) is 0 Å². The summed E-state index contributed by atoms with van der Waals surface area (Å²) >= 11 is 0. The van der Waals surface area contributed by atoms with Crippen molar-refractivity contribution in [2.24, 2.45) is 0 Å². The highest BCUT2D eigenvalue weighted by molar-refractivity contribution is 5.79. The van der Waals surface area contributed by atoms with Crippen molar-refractivity contribution in [2.45, 2.75) is 57.1 Å². The molecule has 2 heterocycles. The fourth-order valence-corrected chi connectivity index (χ4v) is 4.09. The number of likely N-dealkylation sites (tertiary alicyclic amines) is 1. The molecule has 0 radical (unpaired) electrons. The van der Waals surface area contributed by atoms with Gasteiger partial charge in [0.2, 0.25) is 0 Å². The van der Waals surface area contributed by atoms with Crippen LogP contribution in [0.3, 0.4) is 0 Å². The molecule has 122 valence electrons. The number of hydrogen-bond acceptors (Lipinski definition) is 3. The summed E-state index contributed by atoms with van der Waals surface area (Å²) in [5.41, 5.74) is 3.71. The molecule has 2 aromatic rings. The van der Waals surface area contributed by atoms with Gasteiger partial charge < -0.3 is 5.11 Å². The number of rotatable bonds is 3. The molecule has 1 N–H and O–H groups in total. The second-order valence-corrected chi connectivity index (χ2v) is 7.25. The van der Waals surface area contributed by atoms with Crippen molar-refractivity contribution in [1.82, 2.24) is 9.88 Å². The molecule has 0 spiro atoms. The molecule has 4 rings (SSSR count). The average molecular weight is 310 g/mol. The summed E-state index contributed by atoms with van der Waals surface area (Å²) in [6.45, 7) is 3.55. The molecule has 0 amide bonds. The minimum absolute atomic E-state index is 0.0974. The van der Waals surface area contributed by atoms with Gasteiger partial charge in [-0.3, -0.25) is 9.88 Å². The van der Waals surface area contributed by atoms with Gasteiger partial charge in [-0.1, -0.05) is 12.1 Å². The van der Waals surface area contributed by atoms with Gasteiger partial charge in [0.15, 0.2) is 0 Å². The minimum Gasteiger partial charge on any atom is -0.393 e. The minimum atomic E-state index is -0.0974. The lowest BCUT2D eigenvalue weighted by Crippen LogP contribution is -2.18. The van der Waals surface area contributed by atoms with E-state index in [-0.39, 0.29) is 6.10 Å². The normalized spacial score (nSPS) is 26.0. The van der Waals surface area contributed by atoms with Crippen molar-refractivity contribution in [3.05, 3.63) is 41.6 Å². The first-order valence-corrected chi connectivity index (χ1v) is 9.08. The maximum absolute atomic E-state index is 9.67. The topological polar surface area (TPSA) is 36.4 Å². The van der Waals surface area contributed by atoms with E-state index in [4.69, 9.17) is 4.98 Å². The van der Waals surface area contributed by atoms with Crippen LogP contribution in [0.25, 0.3) is 10.9 Å². The van der Waals surface area contributed by atoms with Crippen LogP contribution in [0.2, 0.25) is 0 Å². The van der Waals surface area contributed by atoms with Crippen LogP contribution in [0.5, 0.6) is 0 Å². The number of hydrogen-bond donors (Lipinski definition) is 1. The monoisotopic (exact) mass is 310 g/mol. The van der Waals surface area contributed by atoms with E-state index < -0.39 is 0 Å². The number of aromatic nitrogens is 1. The molecule has 1 aliphatic carbocycles. The van der Waals surface area contributed by atoms with E-state index >= 15 is 0 Å². The van der Waals surface area contributed by atoms with Gasteiger partial charge in [-0.05, 0) is 75.4 Å². The van der Waals surface area contributed by atoms with Crippen molar-refractivity contribution in [2.75, 3.05) is 13.1 Å². The zero-order chi connectivity index (χ0) is 15.6. The number of fused-ring (bicyclic) bond motifs is 1. The van der Waals surface area contributed by atoms with Crippen molar-refractivity contribution >= 4 is 10.9 Å². The van der Waals surface area contributed by atoms with Crippen LogP contribution in [0, 0.1) is 0 Å². The standard InChI is InChI=1S/C20H26N2O/c23-18-7-4-16(5-8-18)19-10-6-17-13-15(3-9-20(17)21-19)14-22-11-1-2-12-22/h3,6,9-10,13,16,18,23H,1-2,4-5,7-8,11-12,14H2. The zero-order valence-corrected chi connectivity index (χ0v) is 13.7. The Labute approximate surface area is 138 Å². The first-order valence-electron chi connectivity index (χ1n) is 9.08. The fourth-order valence-electron chi connectivity index (χ4n) is 4.09. The lowest BCUT2D eigenvalue weighted by Gasteiger charge is -2.25. The number of nitrogens with zero attached hydrogens (tertiary/aromatic N) is 2. The highest BCUT2D eigenvalue weighted by Gasteiger charge is 2.21. The Balaban J connectivity index is 1.52. The molecule has 1 saturated heterocycles. The lowest BCUT2D eigenvalue weighted by atomic mass is 9.85. The second kappa shape index (κ2) is 6.58. The summed E-state index contributed by atoms with van der Waals surface area (Å²) in [5.74, 6) is 0.520. The summed E-state index contributed by atoms with van der Waals surface area (Å²) < 4.78 is 0. The predicted molar refractivity (Wildman–Crippen MR) is 93.5 cm³/mol. The predicted octanol–water partition coefficient (Wildman–Crippen LogP) is 3.85. The van der Waals surface area contributed by atoms with E-state index in [2.05, 4.69) is 35.2 Å². The number of benzene rings is 1. The van der Waals surface area contributed by atoms with Crippen LogP contribution in [0.1, 0.15) is 55.7 Å². The smallest absolute Gasteiger partial charge is 0.0705 e. The average Bonchev–Trinajstić information content (AvgIpc) is 3.08. The molecular weight excluding hydrogens is 284 g/mol. The van der Waals surface area contributed by atoms with E-state index in [0.29, 0.717) is 5.92 Å². The summed E-state index contributed by atoms with van der Waals surface area (Å²) in [5, 5.41) is 10.9. The van der Waals surface area contributed by atoms with E-state index in [1.807, 2.05) is 0 Å². The van der Waals surface area contributed by atoms with Crippen LogP contribution in [-0.2, 0) is 6.54 Å². The van der Waals surface area contributed by atoms with Gasteiger partial charge in [-0.15, -0.1) is 0 Å². The van der Waals surface area contributed by atoms with Crippen molar-refractivity contribution in [1.29, 1.82) is 0 Å². The highest BCUT2D eigenvalue weighted by atomic mass is 16.3. The Morgan fingerprint density at radius 3 is 2.57 bits per heavy atom. The Morgan fingerprint density at radius 2 is 1.78 bits per heavy atom. The first kappa shape index (κ1) is 15.1. The molecule has 0 bridgehead atoms. The summed E-state index contributed by atoms with van der Waals surface area (Å²) in [6, 6.07) is 11.2. The quantitative estimate of drug-likeness (QED) is 0.935. The molecule has 0 unspecified atom stereocenters. The van der Waals surface area contributed by atoms with Crippen molar-refractivity contribution in [3.63, 3.8) is 0 Å². The molecule has 2 fully saturated rings. The van der Waals surface area contributed by atoms with Gasteiger partial charge >= 0.3 is 0 Å². The molecule has 1 aromatic heterocycles. The largest absolute Gasteiger partial charge is 0.393 e. The van der Waals surface area contributed by atoms with Crippen LogP contribution < -0.4 is 0 Å². The van der Waals surface area contributed by atoms with Crippen LogP contribution in [0.4, 0.5) is 0 Å². The van der Waals surface area contributed by atoms with Crippen LogP contribution in [0.15, 0.2) is 30.3 Å². The SMILES string of the molecule is OC1CCC(c2ccc3cc(CN4CCCC4)ccc3n2)CC1. The summed E-state index contributed by atoms with van der Waals surface area (Å²) in [4.78, 5) is 7.44. The second-order valence-electron chi connectivity index (χ2n) is 7.25. The van der Waals surface area contributed by atoms with E-state index in [1.165, 1.54) is 42.6 Å². The van der Waals surface area contributed by atoms with Crippen LogP contribution >= 0.6 is 0 Å². The van der Waals surface area contributed by atoms with Crippen LogP contribution in [-0.4, -0.2) is 34.2 Å². The van der Waals surface area contributed by atoms with E-state index in [0.717, 1.165) is 37.7 Å². The lowest BCUT2D eigenvalue weighted by molar-refractivity contribution is 0.122. The van der Waals surface area contributed by atoms with Gasteiger partial charge in [0.1, 0.15) is 0 Å². The molecule has 3 heteroatoms. The number of aliphatic hydroxyl groups is 1. The van der Waals surface area contributed by atoms with Crippen molar-refractivity contribution < 1.29 is 5.11 Å². The molecule has 2 aliphatic rings. The fraction of sp³-hybridized carbons (Fsp3) is 0.550. The van der Waals surface area contributed by atoms with Gasteiger partial charge in [0.05, 0.1) is 11.6 Å². The van der Waals surface area contributed by atoms with Gasteiger partial charge in [-0.2, -0.15) is 0 Å². The molecule has 1 aliphatic heterocycles. The maximum Gasteiger partial charge on any atom is 0.0705 e. The molecule has 23 heavy (non-hydrogen) atoms. The van der Waals surface area contributed by atoms with Crippen molar-refractivity contribution in [3.8, 4) is 0 Å². The first-order chi connectivity index (χ1) is 11.3. The summed E-state index contributed by atoms with van der Waals surface area (Å²) in [6.07, 6.45) is 6.54. The Hall–Kier alpha value is -1.45. The third-order valence-corrected chi connectivity index (χ3v) is 5.49. The number of pyridine rings is 1. The molecule has 3 nitrogen and oxygen atoms in total. The van der Waals surface area contributed by atoms with Gasteiger partial charge in [0.25, 0.3) is 0 Å². The molecular formula is C20H26N2O. The number of aliphatic hydroxyl groups excluding tert-OH is 1. The van der Waals surface area contributed by atoms with Gasteiger partial charge in [0, 0.05) is 23.5 Å². The third-order valence-electron chi connectivity index (χ3n) is 5.49.